The molecule has 1 saturated heterocycles. The number of nitrogen functional groups attached to an aromatic ring is 1. The fourth-order valence-corrected chi connectivity index (χ4v) is 4.99. The van der Waals surface area contributed by atoms with Crippen LogP contribution in [0.15, 0.2) is 36.4 Å². The molecule has 32 heavy (non-hydrogen) atoms. The molecule has 0 radical (unpaired) electrons. The van der Waals surface area contributed by atoms with Gasteiger partial charge in [0.1, 0.15) is 18.2 Å². The smallest absolute Gasteiger partial charge is 0.318 e. The molecule has 3 heterocycles. The number of phenolic OH excluding ortho intramolecular Hbond substituents is 1. The molecule has 5 rings (SSSR count). The van der Waals surface area contributed by atoms with Crippen LogP contribution < -0.4 is 15.4 Å². The predicted octanol–water partition coefficient (Wildman–Crippen LogP) is 3.73. The SMILES string of the molecule is C[C@@H]1CCCCN1CCOc1nc(N)c2c(n1)CN(c1cc(O)cc3ccccc13)CC2. The van der Waals surface area contributed by atoms with Crippen LogP contribution in [-0.4, -0.2) is 52.3 Å². The molecule has 3 N–H and O–H groups in total. The molecule has 7 nitrogen and oxygen atoms in total. The topological polar surface area (TPSA) is 87.7 Å². The maximum Gasteiger partial charge on any atom is 0.318 e. The minimum absolute atomic E-state index is 0.266. The Morgan fingerprint density at radius 1 is 1.16 bits per heavy atom. The number of likely N-dealkylation sites (tertiary alicyclic amines) is 1. The fourth-order valence-electron chi connectivity index (χ4n) is 4.99. The van der Waals surface area contributed by atoms with Crippen LogP contribution in [0.2, 0.25) is 0 Å². The lowest BCUT2D eigenvalue weighted by atomic mass is 10.0. The molecule has 2 aliphatic heterocycles. The van der Waals surface area contributed by atoms with Crippen LogP contribution in [0.1, 0.15) is 37.4 Å². The standard InChI is InChI=1S/C25H31N5O2/c1-17-6-4-5-10-29(17)12-13-32-25-27-22-16-30(11-9-21(22)24(26)28-25)23-15-19(31)14-18-7-2-3-8-20(18)23/h2-3,7-8,14-15,17,31H,4-6,9-13,16H2,1H3,(H2,26,27,28)/t17-/m1/s1. The molecule has 3 aromatic rings. The van der Waals surface area contributed by atoms with Crippen molar-refractivity contribution >= 4 is 22.3 Å². The molecular weight excluding hydrogens is 402 g/mol. The van der Waals surface area contributed by atoms with E-state index in [0.29, 0.717) is 31.0 Å². The third kappa shape index (κ3) is 4.17. The summed E-state index contributed by atoms with van der Waals surface area (Å²) in [6, 6.07) is 12.7. The molecule has 1 aromatic heterocycles. The molecule has 7 heteroatoms. The molecule has 0 saturated carbocycles. The highest BCUT2D eigenvalue weighted by Gasteiger charge is 2.24. The van der Waals surface area contributed by atoms with Gasteiger partial charge in [-0.2, -0.15) is 9.97 Å². The number of aromatic hydroxyl groups is 1. The summed E-state index contributed by atoms with van der Waals surface area (Å²) in [4.78, 5) is 13.9. The van der Waals surface area contributed by atoms with Gasteiger partial charge in [0.15, 0.2) is 0 Å². The Hall–Kier alpha value is -3.06. The second kappa shape index (κ2) is 8.82. The Morgan fingerprint density at radius 2 is 2.03 bits per heavy atom. The molecule has 0 amide bonds. The van der Waals surface area contributed by atoms with Gasteiger partial charge in [-0.05, 0) is 44.2 Å². The quantitative estimate of drug-likeness (QED) is 0.634. The number of benzene rings is 2. The van der Waals surface area contributed by atoms with Crippen LogP contribution in [0, 0.1) is 0 Å². The molecule has 2 aromatic carbocycles. The predicted molar refractivity (Wildman–Crippen MR) is 127 cm³/mol. The number of nitrogens with two attached hydrogens (primary N) is 1. The summed E-state index contributed by atoms with van der Waals surface area (Å²) in [5, 5.41) is 12.4. The molecule has 0 spiro atoms. The van der Waals surface area contributed by atoms with E-state index in [1.165, 1.54) is 19.3 Å². The van der Waals surface area contributed by atoms with Gasteiger partial charge in [-0.1, -0.05) is 30.7 Å². The van der Waals surface area contributed by atoms with Gasteiger partial charge in [0.25, 0.3) is 0 Å². The van der Waals surface area contributed by atoms with Crippen LogP contribution in [0.25, 0.3) is 10.8 Å². The number of nitrogens with zero attached hydrogens (tertiary/aromatic N) is 4. The van der Waals surface area contributed by atoms with Crippen molar-refractivity contribution in [2.24, 2.45) is 0 Å². The zero-order chi connectivity index (χ0) is 22.1. The minimum Gasteiger partial charge on any atom is -0.508 e. The van der Waals surface area contributed by atoms with E-state index in [1.807, 2.05) is 24.3 Å². The molecule has 1 fully saturated rings. The van der Waals surface area contributed by atoms with E-state index in [4.69, 9.17) is 15.5 Å². The number of hydrogen-bond acceptors (Lipinski definition) is 7. The van der Waals surface area contributed by atoms with E-state index in [-0.39, 0.29) is 5.75 Å². The highest BCUT2D eigenvalue weighted by Crippen LogP contribution is 2.35. The number of piperidine rings is 1. The summed E-state index contributed by atoms with van der Waals surface area (Å²) < 4.78 is 5.93. The van der Waals surface area contributed by atoms with E-state index in [9.17, 15) is 5.11 Å². The Kier molecular flexibility index (Phi) is 5.74. The molecular formula is C25H31N5O2. The largest absolute Gasteiger partial charge is 0.508 e. The lowest BCUT2D eigenvalue weighted by molar-refractivity contribution is 0.130. The summed E-state index contributed by atoms with van der Waals surface area (Å²) in [5.41, 5.74) is 9.19. The Morgan fingerprint density at radius 3 is 2.91 bits per heavy atom. The highest BCUT2D eigenvalue weighted by molar-refractivity contribution is 5.95. The average molecular weight is 434 g/mol. The van der Waals surface area contributed by atoms with Gasteiger partial charge in [0, 0.05) is 41.8 Å². The maximum atomic E-state index is 10.3. The van der Waals surface area contributed by atoms with Crippen molar-refractivity contribution in [3.63, 3.8) is 0 Å². The summed E-state index contributed by atoms with van der Waals surface area (Å²) >= 11 is 0. The van der Waals surface area contributed by atoms with Crippen LogP contribution in [0.5, 0.6) is 11.8 Å². The molecule has 0 unspecified atom stereocenters. The summed E-state index contributed by atoms with van der Waals surface area (Å²) in [5.74, 6) is 0.777. The molecule has 2 aliphatic rings. The lowest BCUT2D eigenvalue weighted by Gasteiger charge is -2.33. The van der Waals surface area contributed by atoms with E-state index >= 15 is 0 Å². The average Bonchev–Trinajstić information content (AvgIpc) is 2.79. The van der Waals surface area contributed by atoms with Crippen molar-refractivity contribution < 1.29 is 9.84 Å². The van der Waals surface area contributed by atoms with Crippen LogP contribution in [-0.2, 0) is 13.0 Å². The Balaban J connectivity index is 1.34. The first-order valence-electron chi connectivity index (χ1n) is 11.6. The molecule has 0 aliphatic carbocycles. The van der Waals surface area contributed by atoms with Crippen molar-refractivity contribution in [1.29, 1.82) is 0 Å². The highest BCUT2D eigenvalue weighted by atomic mass is 16.5. The molecule has 1 atom stereocenters. The number of ether oxygens (including phenoxy) is 1. The van der Waals surface area contributed by atoms with E-state index < -0.39 is 0 Å². The van der Waals surface area contributed by atoms with Gasteiger partial charge in [-0.15, -0.1) is 0 Å². The number of anilines is 2. The van der Waals surface area contributed by atoms with Crippen molar-refractivity contribution in [3.8, 4) is 11.8 Å². The number of phenols is 1. The van der Waals surface area contributed by atoms with E-state index in [1.54, 1.807) is 6.07 Å². The van der Waals surface area contributed by atoms with Gasteiger partial charge >= 0.3 is 6.01 Å². The number of fused-ring (bicyclic) bond motifs is 2. The first kappa shape index (κ1) is 20.8. The van der Waals surface area contributed by atoms with E-state index in [2.05, 4.69) is 27.8 Å². The first-order valence-corrected chi connectivity index (χ1v) is 11.6. The van der Waals surface area contributed by atoms with Crippen molar-refractivity contribution in [1.82, 2.24) is 14.9 Å². The van der Waals surface area contributed by atoms with Crippen LogP contribution in [0.3, 0.4) is 0 Å². The third-order valence-corrected chi connectivity index (χ3v) is 6.79. The normalized spacial score (nSPS) is 19.2. The van der Waals surface area contributed by atoms with Gasteiger partial charge in [-0.3, -0.25) is 4.90 Å². The van der Waals surface area contributed by atoms with E-state index in [0.717, 1.165) is 53.8 Å². The lowest BCUT2D eigenvalue weighted by Crippen LogP contribution is -2.40. The van der Waals surface area contributed by atoms with Gasteiger partial charge in [-0.25, -0.2) is 0 Å². The minimum atomic E-state index is 0.266. The zero-order valence-electron chi connectivity index (χ0n) is 18.6. The maximum absolute atomic E-state index is 10.3. The van der Waals surface area contributed by atoms with Crippen LogP contribution in [0.4, 0.5) is 11.5 Å². The molecule has 168 valence electrons. The van der Waals surface area contributed by atoms with Gasteiger partial charge in [0.2, 0.25) is 0 Å². The van der Waals surface area contributed by atoms with Gasteiger partial charge in [0.05, 0.1) is 12.2 Å². The Labute approximate surface area is 188 Å². The third-order valence-electron chi connectivity index (χ3n) is 6.79. The summed E-state index contributed by atoms with van der Waals surface area (Å²) in [6.45, 7) is 6.25. The summed E-state index contributed by atoms with van der Waals surface area (Å²) in [7, 11) is 0. The number of aromatic nitrogens is 2. The summed E-state index contributed by atoms with van der Waals surface area (Å²) in [6.07, 6.45) is 4.58. The number of hydrogen-bond donors (Lipinski definition) is 2. The van der Waals surface area contributed by atoms with Crippen molar-refractivity contribution in [3.05, 3.63) is 47.7 Å². The first-order chi connectivity index (χ1) is 15.6. The fraction of sp³-hybridized carbons (Fsp3) is 0.440. The zero-order valence-corrected chi connectivity index (χ0v) is 18.6. The van der Waals surface area contributed by atoms with Crippen molar-refractivity contribution in [2.45, 2.75) is 45.2 Å². The second-order valence-corrected chi connectivity index (χ2v) is 8.90. The molecule has 0 bridgehead atoms. The Bertz CT molecular complexity index is 1120. The van der Waals surface area contributed by atoms with Crippen LogP contribution >= 0.6 is 0 Å². The number of rotatable bonds is 5. The van der Waals surface area contributed by atoms with Crippen molar-refractivity contribution in [2.75, 3.05) is 36.9 Å². The second-order valence-electron chi connectivity index (χ2n) is 8.90. The van der Waals surface area contributed by atoms with Gasteiger partial charge < -0.3 is 20.5 Å². The monoisotopic (exact) mass is 433 g/mol.